The molecule has 2 aromatic heterocycles. The van der Waals surface area contributed by atoms with Crippen molar-refractivity contribution in [2.24, 2.45) is 5.41 Å². The van der Waals surface area contributed by atoms with Crippen molar-refractivity contribution >= 4 is 34.7 Å². The number of piperidine rings is 1. The maximum absolute atomic E-state index is 15.1. The average Bonchev–Trinajstić information content (AvgIpc) is 3.69. The number of hydrogen-bond donors (Lipinski definition) is 0. The van der Waals surface area contributed by atoms with Crippen LogP contribution in [0.15, 0.2) is 66.2 Å². The van der Waals surface area contributed by atoms with Crippen LogP contribution < -0.4 is 14.2 Å². The Morgan fingerprint density at radius 1 is 1.03 bits per heavy atom. The van der Waals surface area contributed by atoms with Crippen molar-refractivity contribution in [1.82, 2.24) is 14.8 Å². The highest BCUT2D eigenvalue weighted by molar-refractivity contribution is 7.10. The minimum atomic E-state index is -4.97. The zero-order valence-electron chi connectivity index (χ0n) is 33.5. The number of allylic oxidation sites excluding steroid dienone is 1. The maximum atomic E-state index is 15.1. The predicted octanol–water partition coefficient (Wildman–Crippen LogP) is 9.40. The molecule has 3 aromatic rings. The van der Waals surface area contributed by atoms with Crippen molar-refractivity contribution in [2.75, 3.05) is 39.5 Å². The fraction of sp³-hybridized carbons (Fsp3) is 0.488. The summed E-state index contributed by atoms with van der Waals surface area (Å²) in [6.45, 7) is 5.90. The van der Waals surface area contributed by atoms with E-state index < -0.39 is 63.1 Å². The van der Waals surface area contributed by atoms with Crippen molar-refractivity contribution in [3.63, 3.8) is 0 Å². The lowest BCUT2D eigenvalue weighted by Crippen LogP contribution is -2.68. The first kappa shape index (κ1) is 44.5. The van der Waals surface area contributed by atoms with E-state index in [9.17, 15) is 35.9 Å². The Balaban J connectivity index is 1.35. The molecule has 5 heterocycles. The van der Waals surface area contributed by atoms with Crippen LogP contribution in [0.25, 0.3) is 5.57 Å². The van der Waals surface area contributed by atoms with Crippen LogP contribution in [0.2, 0.25) is 0 Å². The van der Waals surface area contributed by atoms with Crippen LogP contribution in [-0.4, -0.2) is 83.7 Å². The van der Waals surface area contributed by atoms with Crippen molar-refractivity contribution in [1.29, 1.82) is 0 Å². The van der Waals surface area contributed by atoms with E-state index in [1.54, 1.807) is 39.0 Å². The molecule has 0 aliphatic carbocycles. The Hall–Kier alpha value is -5.06. The second kappa shape index (κ2) is 18.3. The number of alkyl halides is 6. The molecule has 0 N–H and O–H groups in total. The van der Waals surface area contributed by atoms with Crippen LogP contribution in [0.5, 0.6) is 17.4 Å². The number of para-hydroxylation sites is 1. The highest BCUT2D eigenvalue weighted by atomic mass is 32.1. The van der Waals surface area contributed by atoms with Gasteiger partial charge in [-0.3, -0.25) is 14.4 Å². The lowest BCUT2D eigenvalue weighted by Gasteiger charge is -2.50. The van der Waals surface area contributed by atoms with Gasteiger partial charge in [-0.05, 0) is 77.0 Å². The third-order valence-corrected chi connectivity index (χ3v) is 11.9. The summed E-state index contributed by atoms with van der Waals surface area (Å²) in [6.07, 6.45) is -1.85. The first-order chi connectivity index (χ1) is 28.5. The van der Waals surface area contributed by atoms with E-state index in [2.05, 4.69) is 4.98 Å². The number of thiophene rings is 1. The molecule has 3 aliphatic heterocycles. The standard InChI is InChI=1S/C43H47F6N3O7S/c1-4-56-39(55)40(2,3)19-25-57-32-13-9-8-12-30(32)28-16-22-51(23-17-28)38(54)41(59-29-26-34(60-27-29)43(47,48)49)18-11-21-52-33(41)14-7-5-6-10-24-58-36-35(37(52)53)31(15-20-50-36)42(44,45)46/h5,7-9,12-13,15-16,20,26-27,33H,4,6,10-11,14,17-19,21-25H2,1-3H3/b7-5-/t33-,41?/m1/s1. The molecule has 2 amide bonds. The number of rotatable bonds is 10. The summed E-state index contributed by atoms with van der Waals surface area (Å²) in [4.78, 5) is 47.8. The number of aromatic nitrogens is 1. The summed E-state index contributed by atoms with van der Waals surface area (Å²) in [7, 11) is 0. The average molecular weight is 864 g/mol. The fourth-order valence-corrected chi connectivity index (χ4v) is 8.39. The second-order valence-electron chi connectivity index (χ2n) is 15.4. The summed E-state index contributed by atoms with van der Waals surface area (Å²) in [5.41, 5.74) is -3.22. The summed E-state index contributed by atoms with van der Waals surface area (Å²) >= 11 is 0.381. The first-order valence-corrected chi connectivity index (χ1v) is 20.7. The molecule has 6 rings (SSSR count). The predicted molar refractivity (Wildman–Crippen MR) is 211 cm³/mol. The Kier molecular flexibility index (Phi) is 13.6. The molecule has 10 nitrogen and oxygen atoms in total. The monoisotopic (exact) mass is 863 g/mol. The van der Waals surface area contributed by atoms with Crippen LogP contribution in [0, 0.1) is 5.41 Å². The number of amides is 2. The van der Waals surface area contributed by atoms with E-state index in [-0.39, 0.29) is 70.4 Å². The van der Waals surface area contributed by atoms with Crippen molar-refractivity contribution < 1.29 is 59.7 Å². The minimum Gasteiger partial charge on any atom is -0.493 e. The van der Waals surface area contributed by atoms with Crippen molar-refractivity contribution in [2.45, 2.75) is 89.7 Å². The Bertz CT molecular complexity index is 2100. The largest absolute Gasteiger partial charge is 0.493 e. The molecule has 3 aliphatic rings. The zero-order chi connectivity index (χ0) is 43.3. The molecule has 0 radical (unpaired) electrons. The number of pyridine rings is 1. The van der Waals surface area contributed by atoms with Gasteiger partial charge in [-0.2, -0.15) is 26.3 Å². The molecule has 1 saturated heterocycles. The number of ether oxygens (including phenoxy) is 4. The molecule has 2 atom stereocenters. The highest BCUT2D eigenvalue weighted by Gasteiger charge is 2.56. The molecule has 1 aromatic carbocycles. The minimum absolute atomic E-state index is 0.0116. The third-order valence-electron chi connectivity index (χ3n) is 10.9. The van der Waals surface area contributed by atoms with E-state index in [0.717, 1.165) is 33.7 Å². The number of carbonyl (C=O) groups excluding carboxylic acids is 3. The number of halogens is 6. The summed E-state index contributed by atoms with van der Waals surface area (Å²) in [5, 5.41) is 1.14. The lowest BCUT2D eigenvalue weighted by atomic mass is 9.79. The van der Waals surface area contributed by atoms with Gasteiger partial charge in [0.05, 0.1) is 36.8 Å². The maximum Gasteiger partial charge on any atom is 0.425 e. The van der Waals surface area contributed by atoms with Gasteiger partial charge in [0.25, 0.3) is 11.8 Å². The fourth-order valence-electron chi connectivity index (χ4n) is 7.71. The summed E-state index contributed by atoms with van der Waals surface area (Å²) < 4.78 is 108. The molecule has 0 saturated carbocycles. The number of benzene rings is 1. The molecule has 324 valence electrons. The van der Waals surface area contributed by atoms with E-state index >= 15 is 4.79 Å². The zero-order valence-corrected chi connectivity index (χ0v) is 34.3. The normalized spacial score (nSPS) is 21.0. The van der Waals surface area contributed by atoms with Gasteiger partial charge in [-0.25, -0.2) is 4.98 Å². The van der Waals surface area contributed by atoms with Gasteiger partial charge in [0.15, 0.2) is 0 Å². The first-order valence-electron chi connectivity index (χ1n) is 19.8. The molecule has 0 bridgehead atoms. The smallest absolute Gasteiger partial charge is 0.425 e. The van der Waals surface area contributed by atoms with E-state index in [4.69, 9.17) is 18.9 Å². The highest BCUT2D eigenvalue weighted by Crippen LogP contribution is 2.44. The van der Waals surface area contributed by atoms with Gasteiger partial charge < -0.3 is 28.7 Å². The van der Waals surface area contributed by atoms with Crippen molar-refractivity contribution in [3.05, 3.63) is 87.8 Å². The quantitative estimate of drug-likeness (QED) is 0.113. The van der Waals surface area contributed by atoms with E-state index in [0.29, 0.717) is 48.8 Å². The molecular weight excluding hydrogens is 817 g/mol. The lowest BCUT2D eigenvalue weighted by molar-refractivity contribution is -0.158. The van der Waals surface area contributed by atoms with Crippen LogP contribution >= 0.6 is 11.3 Å². The van der Waals surface area contributed by atoms with Crippen LogP contribution in [0.1, 0.15) is 92.1 Å². The number of esters is 1. The molecular formula is C43H47F6N3O7S. The Morgan fingerprint density at radius 3 is 2.52 bits per heavy atom. The van der Waals surface area contributed by atoms with Crippen LogP contribution in [0.3, 0.4) is 0 Å². The van der Waals surface area contributed by atoms with Crippen molar-refractivity contribution in [3.8, 4) is 17.4 Å². The van der Waals surface area contributed by atoms with Gasteiger partial charge in [0.1, 0.15) is 21.9 Å². The van der Waals surface area contributed by atoms with Gasteiger partial charge in [0, 0.05) is 49.3 Å². The van der Waals surface area contributed by atoms with Gasteiger partial charge >= 0.3 is 18.3 Å². The van der Waals surface area contributed by atoms with E-state index in [1.165, 1.54) is 4.90 Å². The Labute approximate surface area is 348 Å². The van der Waals surface area contributed by atoms with Gasteiger partial charge in [-0.15, -0.1) is 11.3 Å². The van der Waals surface area contributed by atoms with Crippen LogP contribution in [-0.2, 0) is 26.7 Å². The topological polar surface area (TPSA) is 108 Å². The number of fused-ring (bicyclic) bond motifs is 2. The molecule has 0 spiro atoms. The van der Waals surface area contributed by atoms with E-state index in [1.807, 2.05) is 24.3 Å². The molecule has 1 unspecified atom stereocenters. The molecule has 17 heteroatoms. The number of hydrogen-bond acceptors (Lipinski definition) is 9. The van der Waals surface area contributed by atoms with Gasteiger partial charge in [0.2, 0.25) is 11.5 Å². The Morgan fingerprint density at radius 2 is 1.82 bits per heavy atom. The second-order valence-corrected chi connectivity index (χ2v) is 16.3. The van der Waals surface area contributed by atoms with Crippen LogP contribution in [0.4, 0.5) is 26.3 Å². The SMILES string of the molecule is CCOC(=O)C(C)(C)CCOc1ccccc1C1=CCN(C(=O)C2(Oc3csc(C(F)(F)F)c3)CCCN3C(=O)c4c(C(F)(F)F)ccnc4OCCC/C=C\C[C@@H]32)CC1. The summed E-state index contributed by atoms with van der Waals surface area (Å²) in [6, 6.07) is 7.57. The molecule has 1 fully saturated rings. The van der Waals surface area contributed by atoms with Gasteiger partial charge in [-0.1, -0.05) is 36.4 Å². The summed E-state index contributed by atoms with van der Waals surface area (Å²) in [5.74, 6) is -2.23. The molecule has 60 heavy (non-hydrogen) atoms. The number of carbonyl (C=O) groups is 3. The third kappa shape index (κ3) is 9.76. The number of nitrogens with zero attached hydrogens (tertiary/aromatic N) is 3.